The second kappa shape index (κ2) is 10.2. The number of carbonyl (C=O) groups excluding carboxylic acids is 3. The fourth-order valence-electron chi connectivity index (χ4n) is 6.13. The highest BCUT2D eigenvalue weighted by Crippen LogP contribution is 2.60. The van der Waals surface area contributed by atoms with Crippen LogP contribution in [0.3, 0.4) is 0 Å². The van der Waals surface area contributed by atoms with Crippen molar-refractivity contribution in [2.45, 2.75) is 57.1 Å². The Kier molecular flexibility index (Phi) is 7.17. The maximum absolute atomic E-state index is 14.7. The molecule has 1 N–H and O–H groups in total. The van der Waals surface area contributed by atoms with E-state index in [1.165, 1.54) is 17.0 Å². The van der Waals surface area contributed by atoms with Gasteiger partial charge in [-0.3, -0.25) is 14.4 Å². The average molecular weight is 583 g/mol. The maximum Gasteiger partial charge on any atom is 0.326 e. The first-order valence-electron chi connectivity index (χ1n) is 13.0. The molecule has 208 valence electrons. The van der Waals surface area contributed by atoms with Crippen molar-refractivity contribution in [2.24, 2.45) is 0 Å². The van der Waals surface area contributed by atoms with Gasteiger partial charge in [0.15, 0.2) is 0 Å². The quantitative estimate of drug-likeness (QED) is 0.346. The van der Waals surface area contributed by atoms with Gasteiger partial charge in [0.2, 0.25) is 11.8 Å². The van der Waals surface area contributed by atoms with Crippen LogP contribution in [0.25, 0.3) is 0 Å². The highest BCUT2D eigenvalue weighted by Gasteiger charge is 2.63. The second-order valence-corrected chi connectivity index (χ2v) is 12.2. The van der Waals surface area contributed by atoms with E-state index < -0.39 is 34.8 Å². The van der Waals surface area contributed by atoms with Crippen molar-refractivity contribution < 1.29 is 23.5 Å². The van der Waals surface area contributed by atoms with Crippen molar-refractivity contribution in [1.82, 2.24) is 4.90 Å². The molecule has 3 aromatic carbocycles. The number of rotatable bonds is 4. The highest BCUT2D eigenvalue weighted by atomic mass is 35.5. The molecule has 2 aliphatic heterocycles. The van der Waals surface area contributed by atoms with Gasteiger partial charge in [0.05, 0.1) is 6.04 Å². The van der Waals surface area contributed by atoms with Gasteiger partial charge in [0.25, 0.3) is 0 Å². The molecular weight excluding hydrogens is 554 g/mol. The molecule has 9 heteroatoms. The lowest BCUT2D eigenvalue weighted by Crippen LogP contribution is -2.59. The van der Waals surface area contributed by atoms with Crippen LogP contribution >= 0.6 is 23.2 Å². The molecule has 2 amide bonds. The molecule has 6 nitrogen and oxygen atoms in total. The van der Waals surface area contributed by atoms with Gasteiger partial charge in [-0.05, 0) is 86.3 Å². The number of nitrogens with zero attached hydrogens (tertiary/aromatic N) is 1. The van der Waals surface area contributed by atoms with Crippen LogP contribution in [0, 0.1) is 12.7 Å². The third kappa shape index (κ3) is 4.86. The van der Waals surface area contributed by atoms with Crippen molar-refractivity contribution in [3.05, 3.63) is 98.8 Å². The normalized spacial score (nSPS) is 22.3. The second-order valence-electron chi connectivity index (χ2n) is 11.3. The molecule has 2 aliphatic rings. The van der Waals surface area contributed by atoms with Gasteiger partial charge in [-0.15, -0.1) is 0 Å². The fraction of sp³-hybridized carbons (Fsp3) is 0.323. The Morgan fingerprint density at radius 3 is 2.50 bits per heavy atom. The Balaban J connectivity index is 1.81. The lowest BCUT2D eigenvalue weighted by atomic mass is 9.58. The minimum atomic E-state index is -1.45. The van der Waals surface area contributed by atoms with E-state index >= 15 is 0 Å². The van der Waals surface area contributed by atoms with Crippen molar-refractivity contribution in [3.63, 3.8) is 0 Å². The molecule has 1 saturated heterocycles. The lowest BCUT2D eigenvalue weighted by molar-refractivity contribution is -0.164. The van der Waals surface area contributed by atoms with Crippen LogP contribution in [0.5, 0.6) is 0 Å². The third-order valence-electron chi connectivity index (χ3n) is 7.54. The summed E-state index contributed by atoms with van der Waals surface area (Å²) in [5.41, 5.74) is 0.695. The smallest absolute Gasteiger partial charge is 0.326 e. The van der Waals surface area contributed by atoms with E-state index in [0.29, 0.717) is 32.4 Å². The maximum atomic E-state index is 14.7. The molecule has 2 heterocycles. The number of hydrogen-bond donors (Lipinski definition) is 1. The number of aryl methyl sites for hydroxylation is 1. The van der Waals surface area contributed by atoms with Crippen LogP contribution in [-0.2, 0) is 24.5 Å². The summed E-state index contributed by atoms with van der Waals surface area (Å²) in [4.78, 5) is 42.9. The molecule has 5 rings (SSSR count). The molecule has 1 spiro atoms. The lowest BCUT2D eigenvalue weighted by Gasteiger charge is -2.51. The van der Waals surface area contributed by atoms with E-state index in [0.717, 1.165) is 5.56 Å². The van der Waals surface area contributed by atoms with E-state index in [1.807, 2.05) is 6.92 Å². The Hall–Kier alpha value is -3.42. The number of fused-ring (bicyclic) bond motifs is 2. The predicted octanol–water partition coefficient (Wildman–Crippen LogP) is 6.73. The summed E-state index contributed by atoms with van der Waals surface area (Å²) in [6.45, 7) is 6.66. The Labute approximate surface area is 242 Å². The summed E-state index contributed by atoms with van der Waals surface area (Å²) in [5.74, 6) is -2.61. The zero-order chi connectivity index (χ0) is 29.0. The number of benzene rings is 3. The van der Waals surface area contributed by atoms with Crippen LogP contribution in [0.2, 0.25) is 10.0 Å². The first kappa shape index (κ1) is 28.1. The van der Waals surface area contributed by atoms with Gasteiger partial charge in [0.1, 0.15) is 23.4 Å². The SMILES string of the molecule is Cc1ccc(F)cc1C1CC(=O)N(CC(=O)OC(C)(C)C)C(c2cccc(Cl)c2)C12C(=O)Nc1cc(Cl)ccc12. The summed E-state index contributed by atoms with van der Waals surface area (Å²) >= 11 is 12.7. The fourth-order valence-corrected chi connectivity index (χ4v) is 6.50. The zero-order valence-corrected chi connectivity index (χ0v) is 24.1. The standard InChI is InChI=1S/C31H29Cl2FN2O4/c1-17-8-10-21(34)14-22(17)24-15-26(37)36(16-27(38)40-30(2,3)4)28(18-6-5-7-19(32)12-18)31(24)23-11-9-20(33)13-25(23)35-29(31)39/h5-14,24,28H,15-16H2,1-4H3,(H,35,39). The van der Waals surface area contributed by atoms with Gasteiger partial charge >= 0.3 is 5.97 Å². The molecular formula is C31H29Cl2FN2O4. The van der Waals surface area contributed by atoms with Crippen LogP contribution in [0.1, 0.15) is 61.4 Å². The zero-order valence-electron chi connectivity index (χ0n) is 22.6. The Morgan fingerprint density at radius 2 is 1.80 bits per heavy atom. The van der Waals surface area contributed by atoms with E-state index in [-0.39, 0.29) is 24.8 Å². The van der Waals surface area contributed by atoms with E-state index in [4.69, 9.17) is 27.9 Å². The van der Waals surface area contributed by atoms with Gasteiger partial charge in [-0.25, -0.2) is 4.39 Å². The summed E-state index contributed by atoms with van der Waals surface area (Å²) < 4.78 is 20.3. The number of amides is 2. The summed E-state index contributed by atoms with van der Waals surface area (Å²) in [7, 11) is 0. The Morgan fingerprint density at radius 1 is 1.07 bits per heavy atom. The minimum Gasteiger partial charge on any atom is -0.459 e. The summed E-state index contributed by atoms with van der Waals surface area (Å²) in [5, 5.41) is 3.79. The molecule has 0 bridgehead atoms. The average Bonchev–Trinajstić information content (AvgIpc) is 3.12. The number of nitrogens with one attached hydrogen (secondary N) is 1. The van der Waals surface area contributed by atoms with Crippen molar-refractivity contribution in [3.8, 4) is 0 Å². The largest absolute Gasteiger partial charge is 0.459 e. The van der Waals surface area contributed by atoms with Gasteiger partial charge in [0, 0.05) is 28.1 Å². The molecule has 0 aliphatic carbocycles. The van der Waals surface area contributed by atoms with Crippen LogP contribution in [0.4, 0.5) is 10.1 Å². The molecule has 40 heavy (non-hydrogen) atoms. The van der Waals surface area contributed by atoms with E-state index in [9.17, 15) is 18.8 Å². The van der Waals surface area contributed by atoms with Gasteiger partial charge in [-0.1, -0.05) is 47.5 Å². The first-order valence-corrected chi connectivity index (χ1v) is 13.7. The van der Waals surface area contributed by atoms with Crippen molar-refractivity contribution in [2.75, 3.05) is 11.9 Å². The molecule has 0 saturated carbocycles. The van der Waals surface area contributed by atoms with Crippen molar-refractivity contribution >= 4 is 46.7 Å². The number of carbonyl (C=O) groups is 3. The number of esters is 1. The predicted molar refractivity (Wildman–Crippen MR) is 152 cm³/mol. The first-order chi connectivity index (χ1) is 18.8. The Bertz CT molecular complexity index is 1540. The van der Waals surface area contributed by atoms with Crippen LogP contribution in [0.15, 0.2) is 60.7 Å². The minimum absolute atomic E-state index is 0.139. The molecule has 1 fully saturated rings. The molecule has 3 atom stereocenters. The topological polar surface area (TPSA) is 75.7 Å². The van der Waals surface area contributed by atoms with Crippen LogP contribution in [-0.4, -0.2) is 34.8 Å². The summed E-state index contributed by atoms with van der Waals surface area (Å²) in [6.07, 6.45) is -0.139. The summed E-state index contributed by atoms with van der Waals surface area (Å²) in [6, 6.07) is 15.4. The number of likely N-dealkylation sites (tertiary alicyclic amines) is 1. The van der Waals surface area contributed by atoms with E-state index in [2.05, 4.69) is 5.32 Å². The highest BCUT2D eigenvalue weighted by molar-refractivity contribution is 6.31. The van der Waals surface area contributed by atoms with Gasteiger partial charge in [-0.2, -0.15) is 0 Å². The number of piperidine rings is 1. The number of anilines is 1. The number of halogens is 3. The monoisotopic (exact) mass is 582 g/mol. The molecule has 0 aromatic heterocycles. The van der Waals surface area contributed by atoms with E-state index in [1.54, 1.807) is 69.3 Å². The molecule has 3 unspecified atom stereocenters. The number of ether oxygens (including phenoxy) is 1. The van der Waals surface area contributed by atoms with Crippen molar-refractivity contribution in [1.29, 1.82) is 0 Å². The molecule has 0 radical (unpaired) electrons. The number of hydrogen-bond acceptors (Lipinski definition) is 4. The van der Waals surface area contributed by atoms with Crippen LogP contribution < -0.4 is 5.32 Å². The van der Waals surface area contributed by atoms with Gasteiger partial charge < -0.3 is 15.0 Å². The third-order valence-corrected chi connectivity index (χ3v) is 8.01. The molecule has 3 aromatic rings.